The summed E-state index contributed by atoms with van der Waals surface area (Å²) in [5.41, 5.74) is -0.861. The zero-order valence-corrected chi connectivity index (χ0v) is 21.7. The molecule has 14 heteroatoms. The molecular formula is C30H6N14. The maximum atomic E-state index is 10.1. The van der Waals surface area contributed by atoms with Gasteiger partial charge in [-0.15, -0.1) is 0 Å². The minimum atomic E-state index is -0.402. The van der Waals surface area contributed by atoms with E-state index in [1.165, 1.54) is 12.1 Å². The van der Waals surface area contributed by atoms with Crippen molar-refractivity contribution in [3.05, 3.63) is 104 Å². The topological polar surface area (TPSA) is 229 Å². The van der Waals surface area contributed by atoms with Gasteiger partial charge in [0.05, 0.1) is 44.0 Å². The summed E-state index contributed by atoms with van der Waals surface area (Å²) >= 11 is 0. The molecule has 0 radical (unpaired) electrons. The van der Waals surface area contributed by atoms with Crippen LogP contribution in [0.5, 0.6) is 0 Å². The molecule has 4 heterocycles. The van der Waals surface area contributed by atoms with E-state index in [9.17, 15) is 31.6 Å². The van der Waals surface area contributed by atoms with Gasteiger partial charge < -0.3 is 9.69 Å². The molecular weight excluding hydrogens is 556 g/mol. The lowest BCUT2D eigenvalue weighted by Gasteiger charge is -2.07. The highest BCUT2D eigenvalue weighted by atomic mass is 15.0. The summed E-state index contributed by atoms with van der Waals surface area (Å²) in [4.78, 5) is 31.2. The number of hydrogen-bond donors (Lipinski definition) is 0. The molecule has 0 aliphatic rings. The van der Waals surface area contributed by atoms with Gasteiger partial charge in [-0.25, -0.2) is 9.97 Å². The second-order valence-electron chi connectivity index (χ2n) is 8.44. The molecule has 0 aliphatic heterocycles. The summed E-state index contributed by atoms with van der Waals surface area (Å²) in [5, 5.41) is 59.2. The van der Waals surface area contributed by atoms with E-state index in [1.54, 1.807) is 48.5 Å². The van der Waals surface area contributed by atoms with Gasteiger partial charge in [0.1, 0.15) is 35.7 Å². The number of benzene rings is 1. The van der Waals surface area contributed by atoms with Gasteiger partial charge in [0.2, 0.25) is 0 Å². The summed E-state index contributed by atoms with van der Waals surface area (Å²) in [5.74, 6) is -1.54. The molecule has 4 aromatic heterocycles. The van der Waals surface area contributed by atoms with Crippen LogP contribution in [0.2, 0.25) is 0 Å². The molecule has 0 saturated heterocycles. The van der Waals surface area contributed by atoms with Crippen molar-refractivity contribution >= 4 is 44.6 Å². The maximum absolute atomic E-state index is 10.1. The Morgan fingerprint density at radius 3 is 1.23 bits per heavy atom. The van der Waals surface area contributed by atoms with Gasteiger partial charge in [-0.05, 0) is 12.1 Å². The fraction of sp³-hybridized carbons (Fsp3) is 0. The molecule has 5 aromatic rings. The van der Waals surface area contributed by atoms with Gasteiger partial charge in [-0.3, -0.25) is 0 Å². The van der Waals surface area contributed by atoms with Crippen LogP contribution < -0.4 is 10.7 Å². The van der Waals surface area contributed by atoms with E-state index < -0.39 is 11.6 Å². The summed E-state index contributed by atoms with van der Waals surface area (Å²) < 4.78 is 0. The van der Waals surface area contributed by atoms with E-state index in [2.05, 4.69) is 39.6 Å². The number of rotatable bonds is 2. The van der Waals surface area contributed by atoms with Gasteiger partial charge in [-0.1, -0.05) is 47.4 Å². The molecule has 14 nitrogen and oxygen atoms in total. The van der Waals surface area contributed by atoms with Crippen molar-refractivity contribution in [1.29, 1.82) is 31.6 Å². The van der Waals surface area contributed by atoms with Crippen molar-refractivity contribution in [2.75, 3.05) is 0 Å². The zero-order chi connectivity index (χ0) is 31.4. The van der Waals surface area contributed by atoms with Crippen LogP contribution in [0.1, 0.15) is 34.2 Å². The molecule has 0 bridgehead atoms. The number of hydrogen-bond acceptors (Lipinski definition) is 12. The molecule has 196 valence electrons. The number of nitriles is 6. The third-order valence-corrected chi connectivity index (χ3v) is 6.16. The number of aromatic nitrogens is 6. The monoisotopic (exact) mass is 562 g/mol. The van der Waals surface area contributed by atoms with Crippen LogP contribution in [-0.2, 0) is 0 Å². The van der Waals surface area contributed by atoms with Crippen LogP contribution in [0.15, 0.2) is 36.4 Å². The average Bonchev–Trinajstić information content (AvgIpc) is 3.08. The third-order valence-electron chi connectivity index (χ3n) is 6.16. The predicted molar refractivity (Wildman–Crippen MR) is 148 cm³/mol. The van der Waals surface area contributed by atoms with Gasteiger partial charge in [0.25, 0.3) is 11.6 Å². The average molecular weight is 562 g/mol. The Kier molecular flexibility index (Phi) is 6.95. The van der Waals surface area contributed by atoms with E-state index in [0.717, 1.165) is 0 Å². The zero-order valence-electron chi connectivity index (χ0n) is 21.7. The molecule has 1 aromatic carbocycles. The van der Waals surface area contributed by atoms with Crippen molar-refractivity contribution in [3.63, 3.8) is 0 Å². The number of fused-ring (bicyclic) bond motifs is 3. The number of pyridine rings is 2. The van der Waals surface area contributed by atoms with Crippen molar-refractivity contribution in [1.82, 2.24) is 29.9 Å². The van der Waals surface area contributed by atoms with E-state index in [4.69, 9.17) is 13.1 Å². The van der Waals surface area contributed by atoms with Crippen LogP contribution in [0.3, 0.4) is 0 Å². The quantitative estimate of drug-likeness (QED) is 0.223. The lowest BCUT2D eigenvalue weighted by Crippen LogP contribution is -2.15. The van der Waals surface area contributed by atoms with E-state index in [0.29, 0.717) is 10.8 Å². The fourth-order valence-corrected chi connectivity index (χ4v) is 4.31. The van der Waals surface area contributed by atoms with Crippen molar-refractivity contribution in [2.45, 2.75) is 0 Å². The first kappa shape index (κ1) is 27.4. The Morgan fingerprint density at radius 2 is 0.909 bits per heavy atom. The van der Waals surface area contributed by atoms with Gasteiger partial charge >= 0.3 is 11.6 Å². The van der Waals surface area contributed by atoms with Gasteiger partial charge in [0.15, 0.2) is 12.1 Å². The van der Waals surface area contributed by atoms with Gasteiger partial charge in [0, 0.05) is 10.8 Å². The minimum absolute atomic E-state index is 0.0569. The van der Waals surface area contributed by atoms with Crippen LogP contribution in [0.4, 0.5) is 11.6 Å². The van der Waals surface area contributed by atoms with Crippen LogP contribution in [0.25, 0.3) is 42.6 Å². The molecule has 0 atom stereocenters. The Hall–Kier alpha value is -8.14. The maximum Gasteiger partial charge on any atom is 0.326 e. The van der Waals surface area contributed by atoms with Crippen LogP contribution in [-0.4, -0.2) is 29.9 Å². The minimum Gasteiger partial charge on any atom is -0.360 e. The predicted octanol–water partition coefficient (Wildman–Crippen LogP) is 2.40. The normalized spacial score (nSPS) is 11.3. The fourth-order valence-electron chi connectivity index (χ4n) is 4.31. The molecule has 0 N–H and O–H groups in total. The highest BCUT2D eigenvalue weighted by Crippen LogP contribution is 2.28. The first-order valence-corrected chi connectivity index (χ1v) is 11.9. The molecule has 0 saturated carbocycles. The van der Waals surface area contributed by atoms with Crippen molar-refractivity contribution < 1.29 is 0 Å². The first-order valence-electron chi connectivity index (χ1n) is 11.9. The molecule has 0 spiro atoms. The summed E-state index contributed by atoms with van der Waals surface area (Å²) in [6.45, 7) is 15.0. The van der Waals surface area contributed by atoms with E-state index >= 15 is 0 Å². The largest absolute Gasteiger partial charge is 0.360 e. The Bertz CT molecular complexity index is 2350. The summed E-state index contributed by atoms with van der Waals surface area (Å²) in [6, 6.07) is 20.7. The molecule has 0 unspecified atom stereocenters. The smallest absolute Gasteiger partial charge is 0.326 e. The van der Waals surface area contributed by atoms with Crippen molar-refractivity contribution in [3.8, 4) is 36.4 Å². The first-order chi connectivity index (χ1) is 21.4. The number of nitrogens with zero attached hydrogens (tertiary/aromatic N) is 14. The third kappa shape index (κ3) is 4.43. The summed E-state index contributed by atoms with van der Waals surface area (Å²) in [6.07, 6.45) is 0. The van der Waals surface area contributed by atoms with Crippen LogP contribution in [0, 0.1) is 81.1 Å². The van der Waals surface area contributed by atoms with Gasteiger partial charge in [-0.2, -0.15) is 41.5 Å². The molecule has 44 heavy (non-hydrogen) atoms. The van der Waals surface area contributed by atoms with Crippen LogP contribution >= 0.6 is 0 Å². The second kappa shape index (κ2) is 11.2. The lowest BCUT2D eigenvalue weighted by atomic mass is 10.0. The molecule has 0 fully saturated rings. The Labute approximate surface area is 246 Å². The lowest BCUT2D eigenvalue weighted by molar-refractivity contribution is 1.09. The summed E-state index contributed by atoms with van der Waals surface area (Å²) in [7, 11) is 0. The second-order valence-corrected chi connectivity index (χ2v) is 8.44. The highest BCUT2D eigenvalue weighted by molar-refractivity contribution is 6.03. The standard InChI is InChI=1S/C30H6N14/c1-37-29-25(21(11-33)39-23(13-35)43-29)17(9-31)19-7-5-15-3-4-16-6-8-20(42-28(16)27(15)41-19)18(10-32)26-22(12-34)40-24(14-36)44-30(26)38-2/h3-8H/b19-17+,20-18+. The van der Waals surface area contributed by atoms with E-state index in [1.807, 2.05) is 12.1 Å². The van der Waals surface area contributed by atoms with E-state index in [-0.39, 0.29) is 67.0 Å². The van der Waals surface area contributed by atoms with Crippen molar-refractivity contribution in [2.24, 2.45) is 0 Å². The Morgan fingerprint density at radius 1 is 0.523 bits per heavy atom. The molecule has 5 rings (SSSR count). The molecule has 0 aliphatic carbocycles. The highest BCUT2D eigenvalue weighted by Gasteiger charge is 2.22. The molecule has 0 amide bonds. The Balaban J connectivity index is 1.91. The SMILES string of the molecule is [C-]#[N+]c1nc(C#N)nc(C#N)c1/C(C#N)=c1\ccc2ccc3cc/c(=C(/C#N)c4c(C#N)nc(C#N)nc4[N+]#[C-])nc3c2n1.